The van der Waals surface area contributed by atoms with Crippen LogP contribution in [0.1, 0.15) is 32.0 Å². The first kappa shape index (κ1) is 25.0. The van der Waals surface area contributed by atoms with Gasteiger partial charge in [-0.05, 0) is 83.5 Å². The Morgan fingerprint density at radius 2 is 1.67 bits per heavy atom. The summed E-state index contributed by atoms with van der Waals surface area (Å²) in [5.74, 6) is -0.865. The Balaban J connectivity index is 1.51. The lowest BCUT2D eigenvalue weighted by molar-refractivity contribution is 0.0597. The van der Waals surface area contributed by atoms with E-state index < -0.39 is 5.97 Å². The number of carbonyl (C=O) groups excluding carboxylic acids is 2. The average molecular weight is 499 g/mol. The van der Waals surface area contributed by atoms with Crippen molar-refractivity contribution in [2.75, 3.05) is 13.4 Å². The number of nitrogens with one attached hydrogen (secondary N) is 1. The Labute approximate surface area is 214 Å². The Kier molecular flexibility index (Phi) is 7.71. The molecule has 0 saturated heterocycles. The number of methoxy groups -OCH3 is 1. The van der Waals surface area contributed by atoms with Crippen molar-refractivity contribution < 1.29 is 19.4 Å². The third-order valence-corrected chi connectivity index (χ3v) is 6.73. The third-order valence-electron chi connectivity index (χ3n) is 5.85. The van der Waals surface area contributed by atoms with Gasteiger partial charge in [0.15, 0.2) is 0 Å². The van der Waals surface area contributed by atoms with Crippen molar-refractivity contribution in [3.05, 3.63) is 101 Å². The van der Waals surface area contributed by atoms with E-state index in [1.165, 1.54) is 7.11 Å². The van der Waals surface area contributed by atoms with Crippen LogP contribution in [-0.2, 0) is 11.3 Å². The van der Waals surface area contributed by atoms with E-state index in [1.54, 1.807) is 36.2 Å². The molecule has 4 rings (SSSR count). The number of esters is 1. The highest BCUT2D eigenvalue weighted by Crippen LogP contribution is 2.30. The van der Waals surface area contributed by atoms with Crippen LogP contribution in [0.25, 0.3) is 22.3 Å². The van der Waals surface area contributed by atoms with Crippen LogP contribution < -0.4 is 5.32 Å². The Morgan fingerprint density at radius 1 is 0.944 bits per heavy atom. The molecule has 0 bridgehead atoms. The second-order valence-electron chi connectivity index (χ2n) is 8.21. The molecule has 0 atom stereocenters. The standard InChI is InChI=1S/C29H26N2O4S/c1-18-7-8-23(16-27(18)36-3)28(33)31-17-24-14-22(11-12-30-24)20-6-4-5-19(13-20)21-9-10-25(26(32)15-21)29(34)35-2/h4-16,32H,17H2,1-3H3,(H,31,33). The van der Waals surface area contributed by atoms with Gasteiger partial charge in [0.25, 0.3) is 5.91 Å². The molecule has 182 valence electrons. The van der Waals surface area contributed by atoms with Crippen LogP contribution in [0.3, 0.4) is 0 Å². The van der Waals surface area contributed by atoms with Gasteiger partial charge in [-0.1, -0.05) is 30.3 Å². The molecule has 0 radical (unpaired) electrons. The minimum atomic E-state index is -0.587. The quantitative estimate of drug-likeness (QED) is 0.245. The number of aryl methyl sites for hydroxylation is 1. The molecule has 7 heteroatoms. The molecule has 1 heterocycles. The Bertz CT molecular complexity index is 1430. The lowest BCUT2D eigenvalue weighted by Crippen LogP contribution is -2.23. The first-order valence-corrected chi connectivity index (χ1v) is 12.5. The molecule has 3 aromatic carbocycles. The number of phenolic OH excluding ortho intramolecular Hbond substituents is 1. The smallest absolute Gasteiger partial charge is 0.341 e. The number of benzene rings is 3. The lowest BCUT2D eigenvalue weighted by Gasteiger charge is -2.10. The zero-order valence-corrected chi connectivity index (χ0v) is 21.1. The van der Waals surface area contributed by atoms with E-state index in [1.807, 2.05) is 67.8 Å². The highest BCUT2D eigenvalue weighted by molar-refractivity contribution is 7.98. The summed E-state index contributed by atoms with van der Waals surface area (Å²) in [4.78, 5) is 29.9. The molecule has 1 amide bonds. The van der Waals surface area contributed by atoms with Gasteiger partial charge in [0.1, 0.15) is 11.3 Å². The fraction of sp³-hybridized carbons (Fsp3) is 0.138. The summed E-state index contributed by atoms with van der Waals surface area (Å²) in [5, 5.41) is 13.2. The van der Waals surface area contributed by atoms with E-state index >= 15 is 0 Å². The van der Waals surface area contributed by atoms with Crippen molar-refractivity contribution in [1.82, 2.24) is 10.3 Å². The predicted molar refractivity (Wildman–Crippen MR) is 142 cm³/mol. The van der Waals surface area contributed by atoms with Gasteiger partial charge in [0, 0.05) is 16.7 Å². The number of pyridine rings is 1. The zero-order valence-electron chi connectivity index (χ0n) is 20.2. The van der Waals surface area contributed by atoms with Crippen LogP contribution in [0.2, 0.25) is 0 Å². The summed E-state index contributed by atoms with van der Waals surface area (Å²) in [7, 11) is 1.28. The average Bonchev–Trinajstić information content (AvgIpc) is 2.91. The van der Waals surface area contributed by atoms with E-state index in [2.05, 4.69) is 10.3 Å². The summed E-state index contributed by atoms with van der Waals surface area (Å²) in [5.41, 5.74) is 6.19. The van der Waals surface area contributed by atoms with Gasteiger partial charge in [-0.15, -0.1) is 11.8 Å². The minimum absolute atomic E-state index is 0.119. The lowest BCUT2D eigenvalue weighted by atomic mass is 9.98. The predicted octanol–water partition coefficient (Wildman–Crippen LogP) is 5.87. The number of phenols is 1. The van der Waals surface area contributed by atoms with E-state index in [-0.39, 0.29) is 17.2 Å². The first-order valence-electron chi connectivity index (χ1n) is 11.3. The highest BCUT2D eigenvalue weighted by Gasteiger charge is 2.13. The van der Waals surface area contributed by atoms with Crippen molar-refractivity contribution in [1.29, 1.82) is 0 Å². The normalized spacial score (nSPS) is 10.6. The number of carbonyl (C=O) groups is 2. The number of nitrogens with zero attached hydrogens (tertiary/aromatic N) is 1. The van der Waals surface area contributed by atoms with E-state index in [9.17, 15) is 14.7 Å². The van der Waals surface area contributed by atoms with Crippen molar-refractivity contribution in [3.63, 3.8) is 0 Å². The number of hydrogen-bond donors (Lipinski definition) is 2. The second kappa shape index (κ2) is 11.1. The van der Waals surface area contributed by atoms with Gasteiger partial charge in [0.2, 0.25) is 0 Å². The number of aromatic nitrogens is 1. The van der Waals surface area contributed by atoms with Crippen molar-refractivity contribution in [2.24, 2.45) is 0 Å². The molecule has 36 heavy (non-hydrogen) atoms. The van der Waals surface area contributed by atoms with Gasteiger partial charge in [-0.2, -0.15) is 0 Å². The van der Waals surface area contributed by atoms with Crippen LogP contribution in [0.15, 0.2) is 83.9 Å². The van der Waals surface area contributed by atoms with Crippen LogP contribution in [0.4, 0.5) is 0 Å². The summed E-state index contributed by atoms with van der Waals surface area (Å²) in [6.07, 6.45) is 3.71. The van der Waals surface area contributed by atoms with Crippen LogP contribution in [0, 0.1) is 6.92 Å². The summed E-state index contributed by atoms with van der Waals surface area (Å²) in [6, 6.07) is 22.3. The molecule has 0 aliphatic carbocycles. The van der Waals surface area contributed by atoms with Gasteiger partial charge in [0.05, 0.1) is 19.3 Å². The van der Waals surface area contributed by atoms with Crippen LogP contribution in [-0.4, -0.2) is 35.3 Å². The molecule has 0 unspecified atom stereocenters. The molecule has 0 fully saturated rings. The maximum absolute atomic E-state index is 12.7. The molecule has 4 aromatic rings. The maximum Gasteiger partial charge on any atom is 0.341 e. The number of thioether (sulfide) groups is 1. The number of ether oxygens (including phenoxy) is 1. The van der Waals surface area contributed by atoms with Gasteiger partial charge in [-0.25, -0.2) is 4.79 Å². The van der Waals surface area contributed by atoms with E-state index in [4.69, 9.17) is 4.74 Å². The highest BCUT2D eigenvalue weighted by atomic mass is 32.2. The number of rotatable bonds is 7. The fourth-order valence-electron chi connectivity index (χ4n) is 3.86. The largest absolute Gasteiger partial charge is 0.507 e. The summed E-state index contributed by atoms with van der Waals surface area (Å²) >= 11 is 1.62. The molecule has 2 N–H and O–H groups in total. The summed E-state index contributed by atoms with van der Waals surface area (Å²) in [6.45, 7) is 2.33. The SMILES string of the molecule is COC(=O)c1ccc(-c2cccc(-c3ccnc(CNC(=O)c4ccc(C)c(SC)c4)c3)c2)cc1O. The Morgan fingerprint density at radius 3 is 2.36 bits per heavy atom. The third kappa shape index (κ3) is 5.58. The molecule has 1 aromatic heterocycles. The zero-order chi connectivity index (χ0) is 25.7. The van der Waals surface area contributed by atoms with Crippen molar-refractivity contribution >= 4 is 23.6 Å². The van der Waals surface area contributed by atoms with Gasteiger partial charge in [-0.3, -0.25) is 9.78 Å². The molecule has 0 aliphatic heterocycles. The van der Waals surface area contributed by atoms with Crippen molar-refractivity contribution in [2.45, 2.75) is 18.4 Å². The molecule has 0 saturated carbocycles. The molecular formula is C29H26N2O4S. The Hall–Kier alpha value is -4.10. The summed E-state index contributed by atoms with van der Waals surface area (Å²) < 4.78 is 4.69. The molecule has 6 nitrogen and oxygen atoms in total. The number of aromatic hydroxyl groups is 1. The van der Waals surface area contributed by atoms with Crippen molar-refractivity contribution in [3.8, 4) is 28.0 Å². The first-order chi connectivity index (χ1) is 17.4. The van der Waals surface area contributed by atoms with Gasteiger partial charge >= 0.3 is 5.97 Å². The maximum atomic E-state index is 12.7. The van der Waals surface area contributed by atoms with E-state index in [0.717, 1.165) is 38.4 Å². The molecule has 0 aliphatic rings. The van der Waals surface area contributed by atoms with Crippen LogP contribution >= 0.6 is 11.8 Å². The number of amides is 1. The molecular weight excluding hydrogens is 472 g/mol. The minimum Gasteiger partial charge on any atom is -0.507 e. The van der Waals surface area contributed by atoms with E-state index in [0.29, 0.717) is 12.1 Å². The fourth-order valence-corrected chi connectivity index (χ4v) is 4.50. The second-order valence-corrected chi connectivity index (χ2v) is 9.06. The van der Waals surface area contributed by atoms with Gasteiger partial charge < -0.3 is 15.2 Å². The molecule has 0 spiro atoms. The topological polar surface area (TPSA) is 88.5 Å². The monoisotopic (exact) mass is 498 g/mol. The number of hydrogen-bond acceptors (Lipinski definition) is 6. The van der Waals surface area contributed by atoms with Crippen LogP contribution in [0.5, 0.6) is 5.75 Å².